The third kappa shape index (κ3) is 3.37. The van der Waals surface area contributed by atoms with Crippen molar-refractivity contribution in [2.45, 2.75) is 6.92 Å². The fourth-order valence-corrected chi connectivity index (χ4v) is 1.41. The summed E-state index contributed by atoms with van der Waals surface area (Å²) in [6.45, 7) is 1.32. The Morgan fingerprint density at radius 3 is 2.40 bits per heavy atom. The summed E-state index contributed by atoms with van der Waals surface area (Å²) in [4.78, 5) is 11.9. The lowest BCUT2D eigenvalue weighted by Gasteiger charge is -2.11. The summed E-state index contributed by atoms with van der Waals surface area (Å²) in [6.07, 6.45) is 0. The molecular formula is C12H15N3O5. The van der Waals surface area contributed by atoms with E-state index in [1.807, 2.05) is 0 Å². The average Bonchev–Trinajstić information content (AvgIpc) is 2.48. The Hall–Kier alpha value is -2.77. The van der Waals surface area contributed by atoms with Crippen LogP contribution in [0, 0.1) is 0 Å². The van der Waals surface area contributed by atoms with Gasteiger partial charge in [-0.05, 0) is 19.1 Å². The first-order chi connectivity index (χ1) is 9.57. The number of anilines is 1. The van der Waals surface area contributed by atoms with Crippen LogP contribution < -0.4 is 14.8 Å². The summed E-state index contributed by atoms with van der Waals surface area (Å²) in [5, 5.41) is 25.4. The number of amides is 1. The number of nitrogens with zero attached hydrogens (tertiary/aromatic N) is 2. The Morgan fingerprint density at radius 1 is 1.20 bits per heavy atom. The van der Waals surface area contributed by atoms with Gasteiger partial charge in [0.1, 0.15) is 17.2 Å². The summed E-state index contributed by atoms with van der Waals surface area (Å²) in [7, 11) is 2.94. The Kier molecular flexibility index (Phi) is 5.33. The van der Waals surface area contributed by atoms with Crippen LogP contribution in [0.2, 0.25) is 0 Å². The summed E-state index contributed by atoms with van der Waals surface area (Å²) in [5.74, 6) is 0.184. The van der Waals surface area contributed by atoms with Crippen molar-refractivity contribution in [3.8, 4) is 11.5 Å². The highest BCUT2D eigenvalue weighted by Crippen LogP contribution is 2.28. The van der Waals surface area contributed by atoms with E-state index in [2.05, 4.69) is 15.6 Å². The van der Waals surface area contributed by atoms with E-state index in [9.17, 15) is 4.79 Å². The minimum absolute atomic E-state index is 0.127. The van der Waals surface area contributed by atoms with Crippen molar-refractivity contribution in [1.82, 2.24) is 0 Å². The molecule has 1 amide bonds. The predicted molar refractivity (Wildman–Crippen MR) is 72.3 cm³/mol. The van der Waals surface area contributed by atoms with Crippen LogP contribution in [-0.2, 0) is 4.79 Å². The molecule has 0 aliphatic heterocycles. The lowest BCUT2D eigenvalue weighted by Crippen LogP contribution is -2.28. The molecule has 0 unspecified atom stereocenters. The van der Waals surface area contributed by atoms with E-state index in [1.54, 1.807) is 18.2 Å². The number of hydrogen-bond donors (Lipinski definition) is 3. The third-order valence-electron chi connectivity index (χ3n) is 2.46. The summed E-state index contributed by atoms with van der Waals surface area (Å²) in [6, 6.07) is 4.77. The highest BCUT2D eigenvalue weighted by Gasteiger charge is 2.18. The molecule has 1 rings (SSSR count). The van der Waals surface area contributed by atoms with Crippen molar-refractivity contribution in [2.75, 3.05) is 19.5 Å². The lowest BCUT2D eigenvalue weighted by molar-refractivity contribution is -0.110. The van der Waals surface area contributed by atoms with E-state index in [0.29, 0.717) is 17.2 Å². The maximum atomic E-state index is 11.9. The number of benzene rings is 1. The number of hydrogen-bond acceptors (Lipinski definition) is 7. The minimum atomic E-state index is -0.744. The Morgan fingerprint density at radius 2 is 1.90 bits per heavy atom. The molecule has 3 N–H and O–H groups in total. The molecule has 0 spiro atoms. The zero-order chi connectivity index (χ0) is 15.1. The number of methoxy groups -OCH3 is 2. The highest BCUT2D eigenvalue weighted by molar-refractivity contribution is 6.68. The van der Waals surface area contributed by atoms with E-state index in [1.165, 1.54) is 21.1 Å². The second-order valence-corrected chi connectivity index (χ2v) is 3.65. The minimum Gasteiger partial charge on any atom is -0.497 e. The Labute approximate surface area is 115 Å². The molecule has 108 valence electrons. The Bertz CT molecular complexity index is 554. The normalized spacial score (nSPS) is 11.9. The molecular weight excluding hydrogens is 266 g/mol. The van der Waals surface area contributed by atoms with Gasteiger partial charge in [0, 0.05) is 6.07 Å². The third-order valence-corrected chi connectivity index (χ3v) is 2.46. The number of ether oxygens (including phenoxy) is 2. The molecule has 0 aromatic heterocycles. The summed E-state index contributed by atoms with van der Waals surface area (Å²) < 4.78 is 10.1. The molecule has 1 aromatic carbocycles. The zero-order valence-electron chi connectivity index (χ0n) is 11.2. The van der Waals surface area contributed by atoms with E-state index in [0.717, 1.165) is 0 Å². The van der Waals surface area contributed by atoms with Gasteiger partial charge in [-0.3, -0.25) is 4.79 Å². The van der Waals surface area contributed by atoms with Crippen LogP contribution in [0.15, 0.2) is 28.5 Å². The quantitative estimate of drug-likeness (QED) is 0.428. The van der Waals surface area contributed by atoms with E-state index >= 15 is 0 Å². The van der Waals surface area contributed by atoms with Gasteiger partial charge in [-0.1, -0.05) is 10.3 Å². The number of nitrogens with one attached hydrogen (secondary N) is 1. The van der Waals surface area contributed by atoms with Crippen LogP contribution in [0.1, 0.15) is 6.92 Å². The molecule has 0 bridgehead atoms. The van der Waals surface area contributed by atoms with Crippen LogP contribution in [0.4, 0.5) is 5.69 Å². The number of rotatable bonds is 5. The van der Waals surface area contributed by atoms with Gasteiger partial charge >= 0.3 is 0 Å². The zero-order valence-corrected chi connectivity index (χ0v) is 11.2. The van der Waals surface area contributed by atoms with Crippen LogP contribution in [0.3, 0.4) is 0 Å². The maximum absolute atomic E-state index is 11.9. The van der Waals surface area contributed by atoms with Crippen LogP contribution in [0.25, 0.3) is 0 Å². The molecule has 0 fully saturated rings. The monoisotopic (exact) mass is 281 g/mol. The van der Waals surface area contributed by atoms with Gasteiger partial charge in [-0.2, -0.15) is 0 Å². The van der Waals surface area contributed by atoms with E-state index in [4.69, 9.17) is 19.9 Å². The largest absolute Gasteiger partial charge is 0.497 e. The van der Waals surface area contributed by atoms with Crippen LogP contribution in [0.5, 0.6) is 11.5 Å². The van der Waals surface area contributed by atoms with Gasteiger partial charge in [0.05, 0.1) is 19.9 Å². The number of carbonyl (C=O) groups is 1. The highest BCUT2D eigenvalue weighted by atomic mass is 16.5. The van der Waals surface area contributed by atoms with E-state index < -0.39 is 11.6 Å². The van der Waals surface area contributed by atoms with Gasteiger partial charge in [0.2, 0.25) is 0 Å². The molecule has 0 radical (unpaired) electrons. The molecule has 0 atom stereocenters. The number of carbonyl (C=O) groups excluding carboxylic acids is 1. The first-order valence-corrected chi connectivity index (χ1v) is 5.51. The van der Waals surface area contributed by atoms with Gasteiger partial charge in [0.25, 0.3) is 5.91 Å². The van der Waals surface area contributed by atoms with Crippen LogP contribution >= 0.6 is 0 Å². The second kappa shape index (κ2) is 6.98. The van der Waals surface area contributed by atoms with Gasteiger partial charge < -0.3 is 25.2 Å². The van der Waals surface area contributed by atoms with Gasteiger partial charge in [-0.25, -0.2) is 0 Å². The lowest BCUT2D eigenvalue weighted by atomic mass is 10.2. The van der Waals surface area contributed by atoms with Crippen molar-refractivity contribution in [3.63, 3.8) is 0 Å². The molecule has 1 aromatic rings. The van der Waals surface area contributed by atoms with Crippen molar-refractivity contribution in [2.24, 2.45) is 10.3 Å². The summed E-state index contributed by atoms with van der Waals surface area (Å²) in [5.41, 5.74) is -0.187. The fraction of sp³-hybridized carbons (Fsp3) is 0.250. The maximum Gasteiger partial charge on any atom is 0.279 e. The van der Waals surface area contributed by atoms with Crippen LogP contribution in [-0.4, -0.2) is 42.0 Å². The second-order valence-electron chi connectivity index (χ2n) is 3.65. The predicted octanol–water partition coefficient (Wildman–Crippen LogP) is 1.32. The molecule has 8 nitrogen and oxygen atoms in total. The van der Waals surface area contributed by atoms with Crippen molar-refractivity contribution >= 4 is 23.0 Å². The molecule has 0 aliphatic rings. The smallest absolute Gasteiger partial charge is 0.279 e. The fourth-order valence-electron chi connectivity index (χ4n) is 1.41. The topological polar surface area (TPSA) is 113 Å². The van der Waals surface area contributed by atoms with E-state index in [-0.39, 0.29) is 5.71 Å². The molecule has 20 heavy (non-hydrogen) atoms. The van der Waals surface area contributed by atoms with Gasteiger partial charge in [-0.15, -0.1) is 0 Å². The van der Waals surface area contributed by atoms with Crippen molar-refractivity contribution in [1.29, 1.82) is 0 Å². The SMILES string of the molecule is COc1ccc(NC(=O)C(=N/O)/C(C)=N/O)c(OC)c1. The molecule has 0 aliphatic carbocycles. The molecule has 8 heteroatoms. The standard InChI is InChI=1S/C12H15N3O5/c1-7(14-17)11(15-18)12(16)13-9-5-4-8(19-2)6-10(9)20-3/h4-6,17-18H,1-3H3,(H,13,16)/b14-7+,15-11+. The first kappa shape index (κ1) is 15.3. The molecule has 0 saturated heterocycles. The average molecular weight is 281 g/mol. The first-order valence-electron chi connectivity index (χ1n) is 5.51. The Balaban J connectivity index is 3.01. The van der Waals surface area contributed by atoms with Gasteiger partial charge in [0.15, 0.2) is 5.71 Å². The van der Waals surface area contributed by atoms with Crippen molar-refractivity contribution < 1.29 is 24.7 Å². The van der Waals surface area contributed by atoms with Crippen molar-refractivity contribution in [3.05, 3.63) is 18.2 Å². The molecule has 0 heterocycles. The summed E-state index contributed by atoms with van der Waals surface area (Å²) >= 11 is 0. The molecule has 0 saturated carbocycles. The number of oxime groups is 2.